The van der Waals surface area contributed by atoms with Crippen molar-refractivity contribution in [3.63, 3.8) is 0 Å². The molecule has 1 fully saturated rings. The van der Waals surface area contributed by atoms with E-state index in [9.17, 15) is 13.2 Å². The number of sulfonamides is 1. The van der Waals surface area contributed by atoms with E-state index in [0.717, 1.165) is 19.5 Å². The minimum atomic E-state index is -3.74. The Balaban J connectivity index is 1.70. The first-order chi connectivity index (χ1) is 13.8. The third-order valence-corrected chi connectivity index (χ3v) is 6.38. The highest BCUT2D eigenvalue weighted by atomic mass is 32.2. The number of anilines is 1. The number of benzene rings is 2. The van der Waals surface area contributed by atoms with Gasteiger partial charge in [-0.05, 0) is 73.7 Å². The van der Waals surface area contributed by atoms with E-state index in [-0.39, 0.29) is 10.8 Å². The van der Waals surface area contributed by atoms with Crippen molar-refractivity contribution in [1.29, 1.82) is 0 Å². The molecule has 0 radical (unpaired) electrons. The molecule has 2 aromatic carbocycles. The molecule has 1 N–H and O–H groups in total. The monoisotopic (exact) mass is 416 g/mol. The van der Waals surface area contributed by atoms with E-state index in [1.165, 1.54) is 12.1 Å². The van der Waals surface area contributed by atoms with Crippen LogP contribution in [0.5, 0.6) is 5.75 Å². The van der Waals surface area contributed by atoms with E-state index in [4.69, 9.17) is 4.74 Å². The van der Waals surface area contributed by atoms with Crippen LogP contribution in [0.15, 0.2) is 53.4 Å². The summed E-state index contributed by atoms with van der Waals surface area (Å²) in [5, 5.41) is 0. The average molecular weight is 417 g/mol. The predicted molar refractivity (Wildman–Crippen MR) is 114 cm³/mol. The lowest BCUT2D eigenvalue weighted by Crippen LogP contribution is -2.42. The average Bonchev–Trinajstić information content (AvgIpc) is 2.68. The zero-order chi connectivity index (χ0) is 21.0. The SMILES string of the molecule is CCOc1ccc(NS(=O)(=O)c2ccc(C(=O)N3C[C@H](C)C[C@@H](C)C3)cc2)cc1. The fourth-order valence-electron chi connectivity index (χ4n) is 3.79. The molecule has 1 aliphatic rings. The maximum atomic E-state index is 12.8. The van der Waals surface area contributed by atoms with Gasteiger partial charge in [-0.3, -0.25) is 9.52 Å². The predicted octanol–water partition coefficient (Wildman–Crippen LogP) is 4.00. The zero-order valence-corrected chi connectivity index (χ0v) is 17.9. The Bertz CT molecular complexity index is 930. The highest BCUT2D eigenvalue weighted by Gasteiger charge is 2.26. The standard InChI is InChI=1S/C22H28N2O4S/c1-4-28-20-9-7-19(8-10-20)23-29(26,27)21-11-5-18(6-12-21)22(25)24-14-16(2)13-17(3)15-24/h5-12,16-17,23H,4,13-15H2,1-3H3/t16-,17-/m1/s1. The number of carbonyl (C=O) groups excluding carboxylic acids is 1. The first kappa shape index (κ1) is 21.2. The van der Waals surface area contributed by atoms with Crippen molar-refractivity contribution in [3.05, 3.63) is 54.1 Å². The third-order valence-electron chi connectivity index (χ3n) is 4.99. The summed E-state index contributed by atoms with van der Waals surface area (Å²) in [6.07, 6.45) is 1.12. The van der Waals surface area contributed by atoms with Gasteiger partial charge in [0.2, 0.25) is 0 Å². The second-order valence-electron chi connectivity index (χ2n) is 7.74. The van der Waals surface area contributed by atoms with Crippen LogP contribution < -0.4 is 9.46 Å². The maximum absolute atomic E-state index is 12.8. The summed E-state index contributed by atoms with van der Waals surface area (Å²) in [6, 6.07) is 12.8. The number of amides is 1. The lowest BCUT2D eigenvalue weighted by atomic mass is 9.91. The van der Waals surface area contributed by atoms with Crippen LogP contribution >= 0.6 is 0 Å². The molecule has 7 heteroatoms. The van der Waals surface area contributed by atoms with Gasteiger partial charge in [0, 0.05) is 24.3 Å². The van der Waals surface area contributed by atoms with E-state index >= 15 is 0 Å². The van der Waals surface area contributed by atoms with Crippen molar-refractivity contribution in [2.45, 2.75) is 32.1 Å². The summed E-state index contributed by atoms with van der Waals surface area (Å²) >= 11 is 0. The fourth-order valence-corrected chi connectivity index (χ4v) is 4.85. The van der Waals surface area contributed by atoms with Crippen LogP contribution in [0.4, 0.5) is 5.69 Å². The van der Waals surface area contributed by atoms with E-state index in [0.29, 0.717) is 35.4 Å². The van der Waals surface area contributed by atoms with Crippen LogP contribution in [0.3, 0.4) is 0 Å². The number of ether oxygens (including phenoxy) is 1. The number of nitrogens with zero attached hydrogens (tertiary/aromatic N) is 1. The van der Waals surface area contributed by atoms with Crippen molar-refractivity contribution >= 4 is 21.6 Å². The summed E-state index contributed by atoms with van der Waals surface area (Å²) in [7, 11) is -3.74. The smallest absolute Gasteiger partial charge is 0.261 e. The lowest BCUT2D eigenvalue weighted by Gasteiger charge is -2.35. The molecule has 6 nitrogen and oxygen atoms in total. The summed E-state index contributed by atoms with van der Waals surface area (Å²) < 4.78 is 33.2. The van der Waals surface area contributed by atoms with Crippen LogP contribution in [0.2, 0.25) is 0 Å². The van der Waals surface area contributed by atoms with Gasteiger partial charge in [0.25, 0.3) is 15.9 Å². The number of piperidine rings is 1. The van der Waals surface area contributed by atoms with Gasteiger partial charge in [0.1, 0.15) is 5.75 Å². The Morgan fingerprint density at radius 2 is 1.62 bits per heavy atom. The van der Waals surface area contributed by atoms with Gasteiger partial charge < -0.3 is 9.64 Å². The van der Waals surface area contributed by atoms with Gasteiger partial charge in [-0.1, -0.05) is 13.8 Å². The number of hydrogen-bond donors (Lipinski definition) is 1. The Labute approximate surface area is 172 Å². The van der Waals surface area contributed by atoms with E-state index in [1.54, 1.807) is 36.4 Å². The number of hydrogen-bond acceptors (Lipinski definition) is 4. The van der Waals surface area contributed by atoms with Crippen molar-refractivity contribution < 1.29 is 17.9 Å². The number of carbonyl (C=O) groups is 1. The molecular weight excluding hydrogens is 388 g/mol. The van der Waals surface area contributed by atoms with Gasteiger partial charge in [-0.25, -0.2) is 8.42 Å². The molecule has 156 valence electrons. The summed E-state index contributed by atoms with van der Waals surface area (Å²) in [6.45, 7) is 8.21. The molecule has 2 atom stereocenters. The van der Waals surface area contributed by atoms with Crippen molar-refractivity contribution in [3.8, 4) is 5.75 Å². The summed E-state index contributed by atoms with van der Waals surface area (Å²) in [5.41, 5.74) is 0.955. The largest absolute Gasteiger partial charge is 0.494 e. The minimum absolute atomic E-state index is 0.0492. The molecule has 0 bridgehead atoms. The van der Waals surface area contributed by atoms with Gasteiger partial charge in [-0.15, -0.1) is 0 Å². The fraction of sp³-hybridized carbons (Fsp3) is 0.409. The molecule has 1 heterocycles. The Hall–Kier alpha value is -2.54. The lowest BCUT2D eigenvalue weighted by molar-refractivity contribution is 0.0623. The Kier molecular flexibility index (Phi) is 6.47. The highest BCUT2D eigenvalue weighted by molar-refractivity contribution is 7.92. The Morgan fingerprint density at radius 3 is 2.17 bits per heavy atom. The molecule has 0 unspecified atom stereocenters. The quantitative estimate of drug-likeness (QED) is 0.772. The molecule has 0 aliphatic carbocycles. The first-order valence-electron chi connectivity index (χ1n) is 9.93. The van der Waals surface area contributed by atoms with E-state index < -0.39 is 10.0 Å². The van der Waals surface area contributed by atoms with Crippen molar-refractivity contribution in [2.75, 3.05) is 24.4 Å². The zero-order valence-electron chi connectivity index (χ0n) is 17.1. The van der Waals surface area contributed by atoms with Gasteiger partial charge >= 0.3 is 0 Å². The molecule has 0 aromatic heterocycles. The van der Waals surface area contributed by atoms with E-state index in [1.807, 2.05) is 11.8 Å². The Morgan fingerprint density at radius 1 is 1.03 bits per heavy atom. The van der Waals surface area contributed by atoms with Crippen molar-refractivity contribution in [2.24, 2.45) is 11.8 Å². The van der Waals surface area contributed by atoms with Crippen LogP contribution in [0, 0.1) is 11.8 Å². The third kappa shape index (κ3) is 5.29. The molecule has 29 heavy (non-hydrogen) atoms. The van der Waals surface area contributed by atoms with Crippen LogP contribution in [0.25, 0.3) is 0 Å². The van der Waals surface area contributed by atoms with Crippen LogP contribution in [-0.4, -0.2) is 38.9 Å². The minimum Gasteiger partial charge on any atom is -0.494 e. The normalized spacial score (nSPS) is 19.6. The molecule has 2 aromatic rings. The highest BCUT2D eigenvalue weighted by Crippen LogP contribution is 2.24. The molecular formula is C22H28N2O4S. The van der Waals surface area contributed by atoms with Crippen LogP contribution in [0.1, 0.15) is 37.6 Å². The maximum Gasteiger partial charge on any atom is 0.261 e. The van der Waals surface area contributed by atoms with Gasteiger partial charge in [0.05, 0.1) is 11.5 Å². The molecule has 0 saturated carbocycles. The van der Waals surface area contributed by atoms with Crippen LogP contribution in [-0.2, 0) is 10.0 Å². The molecule has 3 rings (SSSR count). The van der Waals surface area contributed by atoms with Gasteiger partial charge in [0.15, 0.2) is 0 Å². The molecule has 1 saturated heterocycles. The molecule has 1 aliphatic heterocycles. The van der Waals surface area contributed by atoms with Gasteiger partial charge in [-0.2, -0.15) is 0 Å². The second-order valence-corrected chi connectivity index (χ2v) is 9.43. The molecule has 1 amide bonds. The van der Waals surface area contributed by atoms with E-state index in [2.05, 4.69) is 18.6 Å². The second kappa shape index (κ2) is 8.86. The number of likely N-dealkylation sites (tertiary alicyclic amines) is 1. The summed E-state index contributed by atoms with van der Waals surface area (Å²) in [5.74, 6) is 1.58. The van der Waals surface area contributed by atoms with Crippen molar-refractivity contribution in [1.82, 2.24) is 4.90 Å². The number of nitrogens with one attached hydrogen (secondary N) is 1. The topological polar surface area (TPSA) is 75.7 Å². The first-order valence-corrected chi connectivity index (χ1v) is 11.4. The molecule has 0 spiro atoms. The summed E-state index contributed by atoms with van der Waals surface area (Å²) in [4.78, 5) is 14.8. The number of rotatable bonds is 6.